The third-order valence-electron chi connectivity index (χ3n) is 3.74. The van der Waals surface area contributed by atoms with E-state index in [1.165, 1.54) is 0 Å². The first kappa shape index (κ1) is 15.1. The van der Waals surface area contributed by atoms with Crippen molar-refractivity contribution >= 4 is 23.2 Å². The molecule has 2 N–H and O–H groups in total. The minimum atomic E-state index is 0.177. The molecule has 0 aliphatic carbocycles. The summed E-state index contributed by atoms with van der Waals surface area (Å²) in [5.74, 6) is 0. The van der Waals surface area contributed by atoms with Gasteiger partial charge in [-0.15, -0.1) is 0 Å². The molecule has 0 radical (unpaired) electrons. The Labute approximate surface area is 125 Å². The van der Waals surface area contributed by atoms with E-state index in [1.54, 1.807) is 6.07 Å². The summed E-state index contributed by atoms with van der Waals surface area (Å²) in [6.07, 6.45) is 1.16. The fourth-order valence-electron chi connectivity index (χ4n) is 2.62. The van der Waals surface area contributed by atoms with Gasteiger partial charge in [-0.2, -0.15) is 0 Å². The molecule has 1 aromatic carbocycles. The molecule has 0 amide bonds. The van der Waals surface area contributed by atoms with Gasteiger partial charge in [-0.1, -0.05) is 29.3 Å². The highest BCUT2D eigenvalue weighted by Crippen LogP contribution is 2.29. The lowest BCUT2D eigenvalue weighted by Crippen LogP contribution is -2.36. The molecule has 1 aliphatic rings. The molecular formula is C14H21Cl2N3. The Hall–Kier alpha value is -0.320. The molecule has 0 aromatic heterocycles. The molecule has 0 bridgehead atoms. The lowest BCUT2D eigenvalue weighted by Gasteiger charge is -2.30. The molecule has 19 heavy (non-hydrogen) atoms. The Morgan fingerprint density at radius 2 is 2.00 bits per heavy atom. The molecule has 1 aromatic rings. The average molecular weight is 302 g/mol. The van der Waals surface area contributed by atoms with Crippen molar-refractivity contribution in [3.05, 3.63) is 33.8 Å². The third kappa shape index (κ3) is 3.83. The summed E-state index contributed by atoms with van der Waals surface area (Å²) in [7, 11) is 2.16. The molecule has 1 saturated heterocycles. The van der Waals surface area contributed by atoms with Crippen molar-refractivity contribution in [2.75, 3.05) is 39.8 Å². The van der Waals surface area contributed by atoms with E-state index in [9.17, 15) is 0 Å². The first-order chi connectivity index (χ1) is 9.11. The minimum Gasteiger partial charge on any atom is -0.329 e. The molecule has 0 spiro atoms. The van der Waals surface area contributed by atoms with Crippen LogP contribution in [0.1, 0.15) is 18.0 Å². The second-order valence-electron chi connectivity index (χ2n) is 5.11. The summed E-state index contributed by atoms with van der Waals surface area (Å²) < 4.78 is 0. The fraction of sp³-hybridized carbons (Fsp3) is 0.571. The molecule has 1 fully saturated rings. The summed E-state index contributed by atoms with van der Waals surface area (Å²) in [5, 5.41) is 1.38. The van der Waals surface area contributed by atoms with Crippen LogP contribution in [0.3, 0.4) is 0 Å². The number of likely N-dealkylation sites (N-methyl/N-ethyl adjacent to an activating group) is 1. The van der Waals surface area contributed by atoms with Crippen molar-refractivity contribution in [1.82, 2.24) is 9.80 Å². The Bertz CT molecular complexity index is 425. The first-order valence-corrected chi connectivity index (χ1v) is 7.45. The van der Waals surface area contributed by atoms with Crippen LogP contribution in [0.4, 0.5) is 0 Å². The topological polar surface area (TPSA) is 32.5 Å². The predicted molar refractivity (Wildman–Crippen MR) is 81.9 cm³/mol. The number of hydrogen-bond donors (Lipinski definition) is 1. The fourth-order valence-corrected chi connectivity index (χ4v) is 3.16. The van der Waals surface area contributed by atoms with E-state index in [2.05, 4.69) is 16.8 Å². The summed E-state index contributed by atoms with van der Waals surface area (Å²) in [6, 6.07) is 5.85. The van der Waals surface area contributed by atoms with E-state index >= 15 is 0 Å². The van der Waals surface area contributed by atoms with Crippen LogP contribution in [-0.2, 0) is 0 Å². The van der Waals surface area contributed by atoms with Gasteiger partial charge in [0.2, 0.25) is 0 Å². The second-order valence-corrected chi connectivity index (χ2v) is 5.95. The lowest BCUT2D eigenvalue weighted by molar-refractivity contribution is 0.208. The standard InChI is InChI=1S/C14H21Cl2N3/c1-18-5-2-6-19(8-7-18)14(10-17)12-4-3-11(15)9-13(12)16/h3-4,9,14H,2,5-8,10,17H2,1H3. The first-order valence-electron chi connectivity index (χ1n) is 6.69. The Morgan fingerprint density at radius 3 is 2.68 bits per heavy atom. The van der Waals surface area contributed by atoms with Crippen molar-refractivity contribution < 1.29 is 0 Å². The van der Waals surface area contributed by atoms with Gasteiger partial charge in [-0.3, -0.25) is 4.90 Å². The number of halogens is 2. The van der Waals surface area contributed by atoms with Gasteiger partial charge in [0.15, 0.2) is 0 Å². The zero-order chi connectivity index (χ0) is 13.8. The molecule has 5 heteroatoms. The van der Waals surface area contributed by atoms with Crippen LogP contribution >= 0.6 is 23.2 Å². The molecule has 1 unspecified atom stereocenters. The van der Waals surface area contributed by atoms with Crippen molar-refractivity contribution in [3.63, 3.8) is 0 Å². The molecule has 1 heterocycles. The monoisotopic (exact) mass is 301 g/mol. The zero-order valence-electron chi connectivity index (χ0n) is 11.3. The van der Waals surface area contributed by atoms with E-state index in [0.29, 0.717) is 16.6 Å². The second kappa shape index (κ2) is 6.91. The average Bonchev–Trinajstić information content (AvgIpc) is 2.58. The maximum atomic E-state index is 6.31. The van der Waals surface area contributed by atoms with E-state index in [4.69, 9.17) is 28.9 Å². The van der Waals surface area contributed by atoms with Crippen molar-refractivity contribution in [1.29, 1.82) is 0 Å². The molecule has 1 atom stereocenters. The maximum absolute atomic E-state index is 6.31. The Balaban J connectivity index is 2.18. The van der Waals surface area contributed by atoms with Gasteiger partial charge < -0.3 is 10.6 Å². The highest BCUT2D eigenvalue weighted by molar-refractivity contribution is 6.35. The summed E-state index contributed by atoms with van der Waals surface area (Å²) in [6.45, 7) is 4.87. The number of benzene rings is 1. The van der Waals surface area contributed by atoms with Gasteiger partial charge in [-0.05, 0) is 37.7 Å². The molecule has 3 nitrogen and oxygen atoms in total. The summed E-state index contributed by atoms with van der Waals surface area (Å²) >= 11 is 12.3. The van der Waals surface area contributed by atoms with Crippen molar-refractivity contribution in [3.8, 4) is 0 Å². The Morgan fingerprint density at radius 1 is 1.21 bits per heavy atom. The summed E-state index contributed by atoms with van der Waals surface area (Å²) in [4.78, 5) is 4.79. The molecule has 2 rings (SSSR count). The molecular weight excluding hydrogens is 281 g/mol. The molecule has 1 aliphatic heterocycles. The van der Waals surface area contributed by atoms with Crippen LogP contribution in [0.25, 0.3) is 0 Å². The van der Waals surface area contributed by atoms with Crippen LogP contribution in [0.15, 0.2) is 18.2 Å². The van der Waals surface area contributed by atoms with Gasteiger partial charge in [-0.25, -0.2) is 0 Å². The molecule has 0 saturated carbocycles. The number of hydrogen-bond acceptors (Lipinski definition) is 3. The SMILES string of the molecule is CN1CCCN(C(CN)c2ccc(Cl)cc2Cl)CC1. The van der Waals surface area contributed by atoms with Gasteiger partial charge in [0.05, 0.1) is 0 Å². The van der Waals surface area contributed by atoms with Crippen LogP contribution in [0, 0.1) is 0 Å². The van der Waals surface area contributed by atoms with Gasteiger partial charge in [0.1, 0.15) is 0 Å². The van der Waals surface area contributed by atoms with Crippen LogP contribution < -0.4 is 5.73 Å². The van der Waals surface area contributed by atoms with E-state index in [1.807, 2.05) is 12.1 Å². The lowest BCUT2D eigenvalue weighted by atomic mass is 10.0. The van der Waals surface area contributed by atoms with Crippen LogP contribution in [-0.4, -0.2) is 49.6 Å². The third-order valence-corrected chi connectivity index (χ3v) is 4.30. The normalized spacial score (nSPS) is 20.2. The number of nitrogens with zero attached hydrogens (tertiary/aromatic N) is 2. The van der Waals surface area contributed by atoms with E-state index in [0.717, 1.165) is 38.2 Å². The highest BCUT2D eigenvalue weighted by Gasteiger charge is 2.23. The highest BCUT2D eigenvalue weighted by atomic mass is 35.5. The Kier molecular flexibility index (Phi) is 5.48. The minimum absolute atomic E-state index is 0.177. The smallest absolute Gasteiger partial charge is 0.0485 e. The summed E-state index contributed by atoms with van der Waals surface area (Å²) in [5.41, 5.74) is 7.06. The zero-order valence-corrected chi connectivity index (χ0v) is 12.8. The van der Waals surface area contributed by atoms with Gasteiger partial charge >= 0.3 is 0 Å². The van der Waals surface area contributed by atoms with Crippen molar-refractivity contribution in [2.24, 2.45) is 5.73 Å². The van der Waals surface area contributed by atoms with E-state index < -0.39 is 0 Å². The largest absolute Gasteiger partial charge is 0.329 e. The van der Waals surface area contributed by atoms with E-state index in [-0.39, 0.29) is 6.04 Å². The number of rotatable bonds is 3. The maximum Gasteiger partial charge on any atom is 0.0485 e. The van der Waals surface area contributed by atoms with Gasteiger partial charge in [0, 0.05) is 42.3 Å². The molecule has 106 valence electrons. The van der Waals surface area contributed by atoms with Crippen LogP contribution in [0.5, 0.6) is 0 Å². The van der Waals surface area contributed by atoms with Crippen LogP contribution in [0.2, 0.25) is 10.0 Å². The van der Waals surface area contributed by atoms with Crippen molar-refractivity contribution in [2.45, 2.75) is 12.5 Å². The van der Waals surface area contributed by atoms with Gasteiger partial charge in [0.25, 0.3) is 0 Å². The quantitative estimate of drug-likeness (QED) is 0.931. The predicted octanol–water partition coefficient (Wildman–Crippen LogP) is 2.63. The number of nitrogens with two attached hydrogens (primary N) is 1.